The molecule has 2 aromatic rings. The van der Waals surface area contributed by atoms with Gasteiger partial charge in [-0.3, -0.25) is 4.79 Å². The monoisotopic (exact) mass is 425 g/mol. The van der Waals surface area contributed by atoms with E-state index < -0.39 is 0 Å². The topological polar surface area (TPSA) is 67.5 Å². The highest BCUT2D eigenvalue weighted by Gasteiger charge is 2.20. The molecule has 0 aliphatic carbocycles. The quantitative estimate of drug-likeness (QED) is 0.476. The van der Waals surface area contributed by atoms with Gasteiger partial charge in [-0.1, -0.05) is 0 Å². The van der Waals surface area contributed by atoms with Gasteiger partial charge in [0.1, 0.15) is 29.8 Å². The molecule has 1 atom stereocenters. The molecule has 0 saturated carbocycles. The molecule has 3 rings (SSSR count). The molecule has 164 valence electrons. The molecular formula is C24H28FN3O3. The number of carbonyl (C=O) groups excluding carboxylic acids is 1. The number of hydrogen-bond acceptors (Lipinski definition) is 4. The van der Waals surface area contributed by atoms with Crippen molar-refractivity contribution in [2.24, 2.45) is 0 Å². The highest BCUT2D eigenvalue weighted by atomic mass is 19.1. The van der Waals surface area contributed by atoms with Crippen LogP contribution in [0.15, 0.2) is 35.9 Å². The number of nitriles is 1. The third-order valence-corrected chi connectivity index (χ3v) is 5.53. The van der Waals surface area contributed by atoms with Crippen LogP contribution in [0.5, 0.6) is 5.75 Å². The summed E-state index contributed by atoms with van der Waals surface area (Å²) in [6.07, 6.45) is 4.00. The van der Waals surface area contributed by atoms with E-state index in [9.17, 15) is 14.4 Å². The summed E-state index contributed by atoms with van der Waals surface area (Å²) in [5.74, 6) is -0.176. The highest BCUT2D eigenvalue weighted by Crippen LogP contribution is 2.22. The average molecular weight is 426 g/mol. The van der Waals surface area contributed by atoms with Gasteiger partial charge in [0.05, 0.1) is 12.6 Å². The molecule has 1 aromatic carbocycles. The summed E-state index contributed by atoms with van der Waals surface area (Å²) in [6, 6.07) is 9.72. The fourth-order valence-electron chi connectivity index (χ4n) is 3.68. The molecule has 1 unspecified atom stereocenters. The number of amides is 1. The molecular weight excluding hydrogens is 397 g/mol. The number of carbonyl (C=O) groups is 1. The van der Waals surface area contributed by atoms with Crippen molar-refractivity contribution < 1.29 is 18.7 Å². The zero-order valence-corrected chi connectivity index (χ0v) is 18.2. The third-order valence-electron chi connectivity index (χ3n) is 5.53. The van der Waals surface area contributed by atoms with Gasteiger partial charge in [-0.2, -0.15) is 5.26 Å². The number of aromatic nitrogens is 1. The van der Waals surface area contributed by atoms with Crippen LogP contribution >= 0.6 is 0 Å². The number of aryl methyl sites for hydroxylation is 1. The lowest BCUT2D eigenvalue weighted by Crippen LogP contribution is -2.31. The predicted octanol–water partition coefficient (Wildman–Crippen LogP) is 3.87. The second-order valence-corrected chi connectivity index (χ2v) is 7.77. The largest absolute Gasteiger partial charge is 0.492 e. The first-order valence-corrected chi connectivity index (χ1v) is 10.4. The van der Waals surface area contributed by atoms with Crippen molar-refractivity contribution in [2.45, 2.75) is 39.3 Å². The number of rotatable bonds is 8. The number of benzene rings is 1. The maximum absolute atomic E-state index is 13.0. The van der Waals surface area contributed by atoms with Gasteiger partial charge < -0.3 is 18.9 Å². The van der Waals surface area contributed by atoms with Crippen LogP contribution in [0, 0.1) is 31.0 Å². The van der Waals surface area contributed by atoms with E-state index in [-0.39, 0.29) is 30.0 Å². The van der Waals surface area contributed by atoms with Crippen molar-refractivity contribution in [1.82, 2.24) is 9.47 Å². The first-order chi connectivity index (χ1) is 14.9. The Hall–Kier alpha value is -3.11. The van der Waals surface area contributed by atoms with E-state index in [4.69, 9.17) is 9.47 Å². The summed E-state index contributed by atoms with van der Waals surface area (Å²) >= 11 is 0. The molecule has 1 aliphatic rings. The van der Waals surface area contributed by atoms with E-state index in [0.29, 0.717) is 12.3 Å². The smallest absolute Gasteiger partial charge is 0.264 e. The SMILES string of the molecule is Cc1cc(/C=C(\C#N)C(=O)N(C)CCOc2ccc(F)cc2)c(C)n1CC1CCCO1. The standard InChI is InChI=1S/C24H28FN3O3/c1-17-13-19(18(2)28(17)16-23-5-4-11-30-23)14-20(15-26)24(29)27(3)10-12-31-22-8-6-21(25)7-9-22/h6-9,13-14,23H,4-5,10-12,16H2,1-3H3/b20-14+. The van der Waals surface area contributed by atoms with Gasteiger partial charge in [0.2, 0.25) is 0 Å². The summed E-state index contributed by atoms with van der Waals surface area (Å²) in [5.41, 5.74) is 3.01. The van der Waals surface area contributed by atoms with Crippen LogP contribution in [-0.2, 0) is 16.1 Å². The van der Waals surface area contributed by atoms with Crippen molar-refractivity contribution in [3.63, 3.8) is 0 Å². The van der Waals surface area contributed by atoms with Gasteiger partial charge in [0.25, 0.3) is 5.91 Å². The van der Waals surface area contributed by atoms with Gasteiger partial charge >= 0.3 is 0 Å². The van der Waals surface area contributed by atoms with Crippen LogP contribution in [0.2, 0.25) is 0 Å². The normalized spacial score (nSPS) is 16.2. The zero-order valence-electron chi connectivity index (χ0n) is 18.2. The molecule has 0 spiro atoms. The maximum atomic E-state index is 13.0. The van der Waals surface area contributed by atoms with Crippen molar-refractivity contribution >= 4 is 12.0 Å². The number of hydrogen-bond donors (Lipinski definition) is 0. The van der Waals surface area contributed by atoms with E-state index in [1.165, 1.54) is 29.2 Å². The number of halogens is 1. The Labute approximate surface area is 182 Å². The molecule has 1 aromatic heterocycles. The predicted molar refractivity (Wildman–Crippen MR) is 116 cm³/mol. The Balaban J connectivity index is 1.64. The minimum atomic E-state index is -0.367. The fourth-order valence-corrected chi connectivity index (χ4v) is 3.68. The Bertz CT molecular complexity index is 983. The van der Waals surface area contributed by atoms with Gasteiger partial charge in [-0.05, 0) is 68.7 Å². The van der Waals surface area contributed by atoms with Gasteiger partial charge in [-0.15, -0.1) is 0 Å². The molecule has 1 aliphatic heterocycles. The Morgan fingerprint density at radius 1 is 1.39 bits per heavy atom. The zero-order chi connectivity index (χ0) is 22.4. The molecule has 7 heteroatoms. The second-order valence-electron chi connectivity index (χ2n) is 7.77. The van der Waals surface area contributed by atoms with Gasteiger partial charge in [-0.25, -0.2) is 4.39 Å². The van der Waals surface area contributed by atoms with Gasteiger partial charge in [0.15, 0.2) is 0 Å². The Morgan fingerprint density at radius 2 is 2.13 bits per heavy atom. The van der Waals surface area contributed by atoms with E-state index in [0.717, 1.165) is 42.9 Å². The average Bonchev–Trinajstić information content (AvgIpc) is 3.36. The Morgan fingerprint density at radius 3 is 2.77 bits per heavy atom. The van der Waals surface area contributed by atoms with E-state index in [1.807, 2.05) is 26.0 Å². The number of nitrogens with zero attached hydrogens (tertiary/aromatic N) is 3. The summed E-state index contributed by atoms with van der Waals surface area (Å²) < 4.78 is 26.4. The lowest BCUT2D eigenvalue weighted by Gasteiger charge is -2.17. The molecule has 1 saturated heterocycles. The van der Waals surface area contributed by atoms with Gasteiger partial charge in [0, 0.05) is 31.6 Å². The molecule has 0 bridgehead atoms. The molecule has 1 fully saturated rings. The van der Waals surface area contributed by atoms with E-state index in [2.05, 4.69) is 4.57 Å². The first kappa shape index (κ1) is 22.6. The van der Waals surface area contributed by atoms with Crippen molar-refractivity contribution in [2.75, 3.05) is 26.8 Å². The lowest BCUT2D eigenvalue weighted by atomic mass is 10.1. The minimum Gasteiger partial charge on any atom is -0.492 e. The highest BCUT2D eigenvalue weighted by molar-refractivity contribution is 6.01. The molecule has 31 heavy (non-hydrogen) atoms. The summed E-state index contributed by atoms with van der Waals surface area (Å²) in [5, 5.41) is 9.57. The number of likely N-dealkylation sites (N-methyl/N-ethyl adjacent to an activating group) is 1. The minimum absolute atomic E-state index is 0.0710. The lowest BCUT2D eigenvalue weighted by molar-refractivity contribution is -0.125. The van der Waals surface area contributed by atoms with Crippen LogP contribution in [0.3, 0.4) is 0 Å². The van der Waals surface area contributed by atoms with Crippen LogP contribution in [-0.4, -0.2) is 48.3 Å². The summed E-state index contributed by atoms with van der Waals surface area (Å²) in [4.78, 5) is 14.2. The fraction of sp³-hybridized carbons (Fsp3) is 0.417. The maximum Gasteiger partial charge on any atom is 0.264 e. The van der Waals surface area contributed by atoms with Crippen molar-refractivity contribution in [3.05, 3.63) is 58.7 Å². The first-order valence-electron chi connectivity index (χ1n) is 10.4. The molecule has 1 amide bonds. The number of ether oxygens (including phenoxy) is 2. The van der Waals surface area contributed by atoms with E-state index in [1.54, 1.807) is 13.1 Å². The summed E-state index contributed by atoms with van der Waals surface area (Å²) in [6.45, 7) is 6.14. The molecule has 2 heterocycles. The van der Waals surface area contributed by atoms with Crippen LogP contribution in [0.4, 0.5) is 4.39 Å². The van der Waals surface area contributed by atoms with Crippen molar-refractivity contribution in [3.8, 4) is 11.8 Å². The van der Waals surface area contributed by atoms with Crippen LogP contribution in [0.1, 0.15) is 29.8 Å². The molecule has 0 N–H and O–H groups in total. The molecule has 0 radical (unpaired) electrons. The van der Waals surface area contributed by atoms with Crippen molar-refractivity contribution in [1.29, 1.82) is 5.26 Å². The Kier molecular flexibility index (Phi) is 7.48. The molecule has 6 nitrogen and oxygen atoms in total. The summed E-state index contributed by atoms with van der Waals surface area (Å²) in [7, 11) is 1.63. The van der Waals surface area contributed by atoms with Crippen LogP contribution < -0.4 is 4.74 Å². The van der Waals surface area contributed by atoms with E-state index >= 15 is 0 Å². The third kappa shape index (κ3) is 5.74. The second kappa shape index (κ2) is 10.3. The van der Waals surface area contributed by atoms with Crippen LogP contribution in [0.25, 0.3) is 6.08 Å².